The zero-order valence-electron chi connectivity index (χ0n) is 8.57. The van der Waals surface area contributed by atoms with Gasteiger partial charge in [0.2, 0.25) is 5.82 Å². The van der Waals surface area contributed by atoms with E-state index in [1.807, 2.05) is 22.6 Å². The lowest BCUT2D eigenvalue weighted by Gasteiger charge is -2.04. The SMILES string of the molecule is COc1ncnc(-n2cc(I)cn2)c1[N+](=O)[O-]. The molecule has 0 aliphatic carbocycles. The molecule has 2 rings (SSSR count). The van der Waals surface area contributed by atoms with Gasteiger partial charge >= 0.3 is 5.69 Å². The number of hydrogen-bond acceptors (Lipinski definition) is 6. The number of halogens is 1. The average Bonchev–Trinajstić information content (AvgIpc) is 2.74. The molecule has 88 valence electrons. The molecule has 0 fully saturated rings. The van der Waals surface area contributed by atoms with Crippen LogP contribution in [0, 0.1) is 13.7 Å². The highest BCUT2D eigenvalue weighted by atomic mass is 127. The van der Waals surface area contributed by atoms with Gasteiger partial charge < -0.3 is 4.74 Å². The number of ether oxygens (including phenoxy) is 1. The number of hydrogen-bond donors (Lipinski definition) is 0. The number of rotatable bonds is 3. The van der Waals surface area contributed by atoms with Crippen LogP contribution in [0.4, 0.5) is 5.69 Å². The summed E-state index contributed by atoms with van der Waals surface area (Å²) in [5, 5.41) is 14.9. The van der Waals surface area contributed by atoms with Crippen LogP contribution < -0.4 is 4.74 Å². The maximum Gasteiger partial charge on any atom is 0.375 e. The quantitative estimate of drug-likeness (QED) is 0.470. The van der Waals surface area contributed by atoms with Gasteiger partial charge in [0.25, 0.3) is 5.88 Å². The van der Waals surface area contributed by atoms with Crippen molar-refractivity contribution in [1.82, 2.24) is 19.7 Å². The van der Waals surface area contributed by atoms with Gasteiger partial charge in [-0.3, -0.25) is 10.1 Å². The van der Waals surface area contributed by atoms with Crippen molar-refractivity contribution in [3.8, 4) is 11.7 Å². The molecule has 2 heterocycles. The Morgan fingerprint density at radius 1 is 1.53 bits per heavy atom. The van der Waals surface area contributed by atoms with Gasteiger partial charge in [-0.2, -0.15) is 10.1 Å². The van der Waals surface area contributed by atoms with Crippen LogP contribution in [0.15, 0.2) is 18.7 Å². The van der Waals surface area contributed by atoms with Gasteiger partial charge in [0, 0.05) is 6.20 Å². The van der Waals surface area contributed by atoms with E-state index >= 15 is 0 Å². The number of methoxy groups -OCH3 is 1. The Labute approximate surface area is 109 Å². The molecular formula is C8H6IN5O3. The van der Waals surface area contributed by atoms with E-state index in [1.54, 1.807) is 12.4 Å². The number of nitro groups is 1. The van der Waals surface area contributed by atoms with Crippen molar-refractivity contribution in [3.63, 3.8) is 0 Å². The Hall–Kier alpha value is -1.78. The third-order valence-electron chi connectivity index (χ3n) is 1.91. The van der Waals surface area contributed by atoms with Gasteiger partial charge in [-0.25, -0.2) is 9.67 Å². The average molecular weight is 347 g/mol. The molecule has 0 saturated carbocycles. The van der Waals surface area contributed by atoms with Gasteiger partial charge in [0.1, 0.15) is 6.33 Å². The standard InChI is InChI=1S/C8H6IN5O3/c1-17-8-6(14(15)16)7(10-4-11-8)13-3-5(9)2-12-13/h2-4H,1H3. The first-order valence-electron chi connectivity index (χ1n) is 4.37. The monoisotopic (exact) mass is 347 g/mol. The number of nitrogens with zero attached hydrogens (tertiary/aromatic N) is 5. The van der Waals surface area contributed by atoms with Crippen LogP contribution in [0.5, 0.6) is 5.88 Å². The fraction of sp³-hybridized carbons (Fsp3) is 0.125. The Balaban J connectivity index is 2.65. The molecule has 0 saturated heterocycles. The molecule has 0 atom stereocenters. The minimum atomic E-state index is -0.595. The van der Waals surface area contributed by atoms with Crippen molar-refractivity contribution >= 4 is 28.3 Å². The highest BCUT2D eigenvalue weighted by Crippen LogP contribution is 2.28. The molecule has 0 aliphatic rings. The van der Waals surface area contributed by atoms with Gasteiger partial charge in [-0.05, 0) is 22.6 Å². The molecule has 0 N–H and O–H groups in total. The predicted molar refractivity (Wildman–Crippen MR) is 65.1 cm³/mol. The van der Waals surface area contributed by atoms with Gasteiger partial charge in [0.05, 0.1) is 21.8 Å². The zero-order valence-corrected chi connectivity index (χ0v) is 10.7. The van der Waals surface area contributed by atoms with Crippen molar-refractivity contribution in [2.75, 3.05) is 7.11 Å². The second-order valence-electron chi connectivity index (χ2n) is 2.92. The van der Waals surface area contributed by atoms with Gasteiger partial charge in [0.15, 0.2) is 0 Å². The molecule has 0 aromatic carbocycles. The first-order valence-corrected chi connectivity index (χ1v) is 5.45. The summed E-state index contributed by atoms with van der Waals surface area (Å²) < 4.78 is 6.99. The predicted octanol–water partition coefficient (Wildman–Crippen LogP) is 1.18. The first-order chi connectivity index (χ1) is 8.13. The lowest BCUT2D eigenvalue weighted by atomic mass is 10.4. The summed E-state index contributed by atoms with van der Waals surface area (Å²) in [5.74, 6) is -0.0183. The summed E-state index contributed by atoms with van der Waals surface area (Å²) in [5.41, 5.74) is -0.311. The van der Waals surface area contributed by atoms with E-state index in [0.29, 0.717) is 0 Å². The smallest absolute Gasteiger partial charge is 0.375 e. The fourth-order valence-electron chi connectivity index (χ4n) is 1.25. The Bertz CT molecular complexity index is 570. The van der Waals surface area contributed by atoms with Gasteiger partial charge in [-0.1, -0.05) is 0 Å². The summed E-state index contributed by atoms with van der Waals surface area (Å²) in [6.45, 7) is 0. The maximum atomic E-state index is 11.0. The van der Waals surface area contributed by atoms with Crippen LogP contribution in [-0.4, -0.2) is 31.8 Å². The lowest BCUT2D eigenvalue weighted by Crippen LogP contribution is -2.06. The highest BCUT2D eigenvalue weighted by Gasteiger charge is 2.25. The third kappa shape index (κ3) is 2.18. The second kappa shape index (κ2) is 4.61. The molecule has 8 nitrogen and oxygen atoms in total. The molecule has 0 amide bonds. The fourth-order valence-corrected chi connectivity index (χ4v) is 1.64. The van der Waals surface area contributed by atoms with Crippen molar-refractivity contribution in [2.45, 2.75) is 0 Å². The van der Waals surface area contributed by atoms with Crippen LogP contribution in [0.1, 0.15) is 0 Å². The van der Waals surface area contributed by atoms with Crippen molar-refractivity contribution in [2.24, 2.45) is 0 Å². The van der Waals surface area contributed by atoms with Crippen LogP contribution in [-0.2, 0) is 0 Å². The van der Waals surface area contributed by atoms with E-state index in [9.17, 15) is 10.1 Å². The van der Waals surface area contributed by atoms with Crippen LogP contribution in [0.3, 0.4) is 0 Å². The summed E-state index contributed by atoms with van der Waals surface area (Å²) in [6.07, 6.45) is 4.38. The molecule has 2 aromatic heterocycles. The topological polar surface area (TPSA) is 96.0 Å². The summed E-state index contributed by atoms with van der Waals surface area (Å²) >= 11 is 2.05. The molecule has 0 bridgehead atoms. The maximum absolute atomic E-state index is 11.0. The largest absolute Gasteiger partial charge is 0.476 e. The minimum absolute atomic E-state index is 0.0739. The Morgan fingerprint density at radius 2 is 2.29 bits per heavy atom. The zero-order chi connectivity index (χ0) is 12.4. The summed E-state index contributed by atoms with van der Waals surface area (Å²) in [6, 6.07) is 0. The Morgan fingerprint density at radius 3 is 2.82 bits per heavy atom. The van der Waals surface area contributed by atoms with Crippen molar-refractivity contribution in [3.05, 3.63) is 32.4 Å². The lowest BCUT2D eigenvalue weighted by molar-refractivity contribution is -0.386. The molecule has 0 unspecified atom stereocenters. The molecular weight excluding hydrogens is 341 g/mol. The van der Waals surface area contributed by atoms with E-state index in [1.165, 1.54) is 18.1 Å². The van der Waals surface area contributed by atoms with Crippen LogP contribution >= 0.6 is 22.6 Å². The normalized spacial score (nSPS) is 10.2. The Kier molecular flexibility index (Phi) is 3.17. The van der Waals surface area contributed by atoms with E-state index in [2.05, 4.69) is 15.1 Å². The highest BCUT2D eigenvalue weighted by molar-refractivity contribution is 14.1. The molecule has 0 aliphatic heterocycles. The van der Waals surface area contributed by atoms with Gasteiger partial charge in [-0.15, -0.1) is 0 Å². The van der Waals surface area contributed by atoms with E-state index in [4.69, 9.17) is 4.74 Å². The van der Waals surface area contributed by atoms with Crippen LogP contribution in [0.2, 0.25) is 0 Å². The summed E-state index contributed by atoms with van der Waals surface area (Å²) in [7, 11) is 1.31. The van der Waals surface area contributed by atoms with Crippen LogP contribution in [0.25, 0.3) is 5.82 Å². The van der Waals surface area contributed by atoms with E-state index < -0.39 is 4.92 Å². The minimum Gasteiger partial charge on any atom is -0.476 e. The van der Waals surface area contributed by atoms with E-state index in [-0.39, 0.29) is 17.4 Å². The van der Waals surface area contributed by atoms with Crippen molar-refractivity contribution < 1.29 is 9.66 Å². The third-order valence-corrected chi connectivity index (χ3v) is 2.47. The molecule has 0 spiro atoms. The second-order valence-corrected chi connectivity index (χ2v) is 4.16. The summed E-state index contributed by atoms with van der Waals surface area (Å²) in [4.78, 5) is 17.9. The molecule has 0 radical (unpaired) electrons. The molecule has 2 aromatic rings. The number of aromatic nitrogens is 4. The first kappa shape index (κ1) is 11.7. The molecule has 9 heteroatoms. The van der Waals surface area contributed by atoms with Crippen molar-refractivity contribution in [1.29, 1.82) is 0 Å². The molecule has 17 heavy (non-hydrogen) atoms. The van der Waals surface area contributed by atoms with E-state index in [0.717, 1.165) is 3.57 Å².